The average Bonchev–Trinajstić information content (AvgIpc) is 3.23. The molecule has 2 rings (SSSR count). The second kappa shape index (κ2) is 5.50. The first kappa shape index (κ1) is 14.3. The smallest absolute Gasteiger partial charge is 0.0806 e. The minimum atomic E-state index is -1.21. The van der Waals surface area contributed by atoms with Crippen LogP contribution in [0.15, 0.2) is 12.7 Å². The number of hydrogen-bond donors (Lipinski definition) is 0. The molecule has 2 fully saturated rings. The Kier molecular flexibility index (Phi) is 4.38. The van der Waals surface area contributed by atoms with Gasteiger partial charge >= 0.3 is 0 Å². The van der Waals surface area contributed by atoms with Crippen LogP contribution < -0.4 is 0 Å². The third-order valence-electron chi connectivity index (χ3n) is 6.06. The van der Waals surface area contributed by atoms with E-state index in [-0.39, 0.29) is 0 Å². The Morgan fingerprint density at radius 2 is 2.06 bits per heavy atom. The molecule has 2 heterocycles. The van der Waals surface area contributed by atoms with Gasteiger partial charge in [0, 0.05) is 18.3 Å². The third kappa shape index (κ3) is 1.92. The molecule has 0 radical (unpaired) electrons. The van der Waals surface area contributed by atoms with Crippen LogP contribution in [-0.2, 0) is 0 Å². The molecule has 0 aromatic carbocycles. The highest BCUT2D eigenvalue weighted by Gasteiger charge is 2.60. The highest BCUT2D eigenvalue weighted by atomic mass is 28.3. The van der Waals surface area contributed by atoms with Gasteiger partial charge in [-0.15, -0.1) is 6.58 Å². The minimum absolute atomic E-state index is 0.614. The maximum Gasteiger partial charge on any atom is 0.0806 e. The monoisotopic (exact) mass is 265 g/mol. The maximum absolute atomic E-state index is 4.09. The van der Waals surface area contributed by atoms with Crippen molar-refractivity contribution in [2.24, 2.45) is 5.92 Å². The summed E-state index contributed by atoms with van der Waals surface area (Å²) in [6.45, 7) is 14.2. The van der Waals surface area contributed by atoms with E-state index >= 15 is 0 Å². The Morgan fingerprint density at radius 1 is 1.33 bits per heavy atom. The Morgan fingerprint density at radius 3 is 2.50 bits per heavy atom. The topological polar surface area (TPSA) is 3.01 Å². The second-order valence-corrected chi connectivity index (χ2v) is 11.4. The molecule has 0 amide bonds. The SMILES string of the molecule is C=CC[Si]1(CC)CCCC(CC)C1(CC)N1CC1. The molecule has 3 unspecified atom stereocenters. The van der Waals surface area contributed by atoms with Gasteiger partial charge in [0.2, 0.25) is 0 Å². The average molecular weight is 266 g/mol. The highest BCUT2D eigenvalue weighted by molar-refractivity contribution is 6.83. The normalized spacial score (nSPS) is 40.7. The van der Waals surface area contributed by atoms with Gasteiger partial charge in [-0.25, -0.2) is 0 Å². The van der Waals surface area contributed by atoms with Crippen molar-refractivity contribution < 1.29 is 0 Å². The molecule has 0 N–H and O–H groups in total. The predicted molar refractivity (Wildman–Crippen MR) is 83.7 cm³/mol. The van der Waals surface area contributed by atoms with Crippen LogP contribution in [0.4, 0.5) is 0 Å². The zero-order chi connectivity index (χ0) is 13.2. The molecule has 2 aliphatic rings. The Balaban J connectivity index is 2.42. The van der Waals surface area contributed by atoms with Gasteiger partial charge < -0.3 is 0 Å². The van der Waals surface area contributed by atoms with Crippen molar-refractivity contribution >= 4 is 8.07 Å². The van der Waals surface area contributed by atoms with E-state index in [0.717, 1.165) is 5.92 Å². The third-order valence-corrected chi connectivity index (χ3v) is 12.7. The van der Waals surface area contributed by atoms with Crippen LogP contribution in [0.1, 0.15) is 46.5 Å². The largest absolute Gasteiger partial charge is 0.297 e. The van der Waals surface area contributed by atoms with Gasteiger partial charge in [-0.2, -0.15) is 0 Å². The molecule has 104 valence electrons. The molecule has 0 saturated carbocycles. The summed E-state index contributed by atoms with van der Waals surface area (Å²) < 4.78 is 0. The summed E-state index contributed by atoms with van der Waals surface area (Å²) in [6, 6.07) is 4.36. The van der Waals surface area contributed by atoms with Crippen LogP contribution in [0, 0.1) is 5.92 Å². The van der Waals surface area contributed by atoms with Crippen LogP contribution in [0.2, 0.25) is 18.1 Å². The molecule has 1 nitrogen and oxygen atoms in total. The van der Waals surface area contributed by atoms with E-state index in [1.807, 2.05) is 0 Å². The Labute approximate surface area is 115 Å². The molecule has 18 heavy (non-hydrogen) atoms. The van der Waals surface area contributed by atoms with Crippen molar-refractivity contribution in [2.45, 2.75) is 69.7 Å². The lowest BCUT2D eigenvalue weighted by Gasteiger charge is -2.58. The van der Waals surface area contributed by atoms with E-state index in [1.165, 1.54) is 50.9 Å². The fraction of sp³-hybridized carbons (Fsp3) is 0.875. The number of allylic oxidation sites excluding steroid dienone is 1. The molecule has 2 aliphatic heterocycles. The standard InChI is InChI=1S/C16H31NSi/c1-5-13-18(8-4)14-9-10-15(6-2)16(18,7-3)17-11-12-17/h5,15H,1,6-14H2,2-4H3. The summed E-state index contributed by atoms with van der Waals surface area (Å²) in [7, 11) is -1.21. The van der Waals surface area contributed by atoms with Crippen molar-refractivity contribution in [1.29, 1.82) is 0 Å². The lowest BCUT2D eigenvalue weighted by atomic mass is 9.88. The highest BCUT2D eigenvalue weighted by Crippen LogP contribution is 2.53. The molecule has 0 aromatic rings. The van der Waals surface area contributed by atoms with E-state index in [2.05, 4.69) is 38.3 Å². The van der Waals surface area contributed by atoms with Crippen LogP contribution in [0.25, 0.3) is 0 Å². The summed E-state index contributed by atoms with van der Waals surface area (Å²) >= 11 is 0. The zero-order valence-electron chi connectivity index (χ0n) is 12.7. The summed E-state index contributed by atoms with van der Waals surface area (Å²) in [5.74, 6) is 0.963. The summed E-state index contributed by atoms with van der Waals surface area (Å²) in [6.07, 6.45) is 7.99. The Hall–Kier alpha value is -0.0831. The van der Waals surface area contributed by atoms with Crippen molar-refractivity contribution in [3.05, 3.63) is 12.7 Å². The van der Waals surface area contributed by atoms with Crippen LogP contribution in [-0.4, -0.2) is 31.2 Å². The quantitative estimate of drug-likeness (QED) is 0.389. The second-order valence-electron chi connectivity index (χ2n) is 6.39. The van der Waals surface area contributed by atoms with E-state index in [1.54, 1.807) is 6.04 Å². The van der Waals surface area contributed by atoms with Crippen LogP contribution in [0.5, 0.6) is 0 Å². The molecule has 0 spiro atoms. The molecule has 2 heteroatoms. The van der Waals surface area contributed by atoms with E-state index < -0.39 is 8.07 Å². The Bertz CT molecular complexity index is 299. The maximum atomic E-state index is 4.09. The number of hydrogen-bond acceptors (Lipinski definition) is 1. The predicted octanol–water partition coefficient (Wildman–Crippen LogP) is 4.46. The lowest BCUT2D eigenvalue weighted by molar-refractivity contribution is 0.172. The van der Waals surface area contributed by atoms with Gasteiger partial charge in [0.15, 0.2) is 0 Å². The van der Waals surface area contributed by atoms with E-state index in [0.29, 0.717) is 5.16 Å². The van der Waals surface area contributed by atoms with Gasteiger partial charge in [-0.3, -0.25) is 4.90 Å². The molecule has 2 saturated heterocycles. The first-order chi connectivity index (χ1) is 8.70. The summed E-state index contributed by atoms with van der Waals surface area (Å²) in [5.41, 5.74) is 0. The minimum Gasteiger partial charge on any atom is -0.297 e. The van der Waals surface area contributed by atoms with Gasteiger partial charge in [-0.05, 0) is 24.8 Å². The van der Waals surface area contributed by atoms with E-state index in [9.17, 15) is 0 Å². The molecule has 3 atom stereocenters. The van der Waals surface area contributed by atoms with Gasteiger partial charge in [0.25, 0.3) is 0 Å². The fourth-order valence-corrected chi connectivity index (χ4v) is 11.8. The van der Waals surface area contributed by atoms with Crippen molar-refractivity contribution in [2.75, 3.05) is 13.1 Å². The van der Waals surface area contributed by atoms with Crippen molar-refractivity contribution in [3.63, 3.8) is 0 Å². The number of rotatable bonds is 6. The van der Waals surface area contributed by atoms with Gasteiger partial charge in [0.05, 0.1) is 8.07 Å². The van der Waals surface area contributed by atoms with Crippen LogP contribution >= 0.6 is 0 Å². The van der Waals surface area contributed by atoms with Crippen LogP contribution in [0.3, 0.4) is 0 Å². The van der Waals surface area contributed by atoms with Gasteiger partial charge in [0.1, 0.15) is 0 Å². The first-order valence-electron chi connectivity index (χ1n) is 8.06. The van der Waals surface area contributed by atoms with E-state index in [4.69, 9.17) is 0 Å². The van der Waals surface area contributed by atoms with Crippen molar-refractivity contribution in [3.8, 4) is 0 Å². The molecule has 0 aliphatic carbocycles. The lowest BCUT2D eigenvalue weighted by Crippen LogP contribution is -2.68. The van der Waals surface area contributed by atoms with Crippen molar-refractivity contribution in [1.82, 2.24) is 4.90 Å². The molecule has 0 aromatic heterocycles. The summed E-state index contributed by atoms with van der Waals surface area (Å²) in [4.78, 5) is 2.86. The number of nitrogens with zero attached hydrogens (tertiary/aromatic N) is 1. The fourth-order valence-electron chi connectivity index (χ4n) is 5.23. The zero-order valence-corrected chi connectivity index (χ0v) is 13.7. The molecular formula is C16H31NSi. The first-order valence-corrected chi connectivity index (χ1v) is 10.7. The molecular weight excluding hydrogens is 234 g/mol. The van der Waals surface area contributed by atoms with Gasteiger partial charge in [-0.1, -0.05) is 51.8 Å². The molecule has 0 bridgehead atoms. The summed E-state index contributed by atoms with van der Waals surface area (Å²) in [5, 5.41) is 0.614.